The van der Waals surface area contributed by atoms with E-state index in [0.717, 1.165) is 11.0 Å². The van der Waals surface area contributed by atoms with Gasteiger partial charge in [-0.15, -0.1) is 11.3 Å². The molecular weight excluding hydrogens is 306 g/mol. The molecule has 1 aromatic heterocycles. The molecule has 1 aromatic carbocycles. The first kappa shape index (κ1) is 13.8. The van der Waals surface area contributed by atoms with Crippen molar-refractivity contribution in [2.75, 3.05) is 6.54 Å². The molecule has 1 nitrogen and oxygen atoms in total. The fourth-order valence-electron chi connectivity index (χ4n) is 2.20. The van der Waals surface area contributed by atoms with Gasteiger partial charge in [0.25, 0.3) is 0 Å². The maximum absolute atomic E-state index is 3.58. The predicted octanol–water partition coefficient (Wildman–Crippen LogP) is 4.83. The van der Waals surface area contributed by atoms with Gasteiger partial charge in [-0.3, -0.25) is 0 Å². The molecule has 0 spiro atoms. The van der Waals surface area contributed by atoms with Crippen LogP contribution in [0.1, 0.15) is 34.5 Å². The minimum absolute atomic E-state index is 0.298. The van der Waals surface area contributed by atoms with Crippen molar-refractivity contribution in [1.82, 2.24) is 5.32 Å². The molecule has 0 bridgehead atoms. The van der Waals surface area contributed by atoms with Gasteiger partial charge in [-0.1, -0.05) is 30.7 Å². The Morgan fingerprint density at radius 2 is 2.06 bits per heavy atom. The van der Waals surface area contributed by atoms with Crippen LogP contribution in [-0.2, 0) is 0 Å². The summed E-state index contributed by atoms with van der Waals surface area (Å²) in [6.45, 7) is 7.45. The van der Waals surface area contributed by atoms with Crippen LogP contribution in [0.4, 0.5) is 0 Å². The Labute approximate surface area is 121 Å². The van der Waals surface area contributed by atoms with Crippen molar-refractivity contribution in [3.8, 4) is 0 Å². The smallest absolute Gasteiger partial charge is 0.0673 e. The average Bonchev–Trinajstić information content (AvgIpc) is 2.73. The SMILES string of the molecule is CCNC(c1cc(Br)cs1)c1ccc(C)cc1C. The van der Waals surface area contributed by atoms with Gasteiger partial charge in [-0.05, 0) is 53.5 Å². The fraction of sp³-hybridized carbons (Fsp3) is 0.333. The van der Waals surface area contributed by atoms with Crippen molar-refractivity contribution < 1.29 is 0 Å². The summed E-state index contributed by atoms with van der Waals surface area (Å²) in [5.74, 6) is 0. The lowest BCUT2D eigenvalue weighted by atomic mass is 9.98. The molecule has 0 saturated carbocycles. The fourth-order valence-corrected chi connectivity index (χ4v) is 3.73. The highest BCUT2D eigenvalue weighted by atomic mass is 79.9. The Kier molecular flexibility index (Phi) is 4.60. The highest BCUT2D eigenvalue weighted by Gasteiger charge is 2.16. The van der Waals surface area contributed by atoms with Gasteiger partial charge in [0.2, 0.25) is 0 Å². The molecule has 18 heavy (non-hydrogen) atoms. The lowest BCUT2D eigenvalue weighted by Gasteiger charge is -2.19. The van der Waals surface area contributed by atoms with E-state index in [1.807, 2.05) is 0 Å². The number of hydrogen-bond acceptors (Lipinski definition) is 2. The second-order valence-electron chi connectivity index (χ2n) is 4.52. The third kappa shape index (κ3) is 3.02. The molecule has 0 fully saturated rings. The number of benzene rings is 1. The molecule has 0 amide bonds. The Hall–Kier alpha value is -0.640. The standard InChI is InChI=1S/C15H18BrNS/c1-4-17-15(14-8-12(16)9-18-14)13-6-5-10(2)7-11(13)3/h5-9,15,17H,4H2,1-3H3. The lowest BCUT2D eigenvalue weighted by Crippen LogP contribution is -2.21. The van der Waals surface area contributed by atoms with E-state index in [9.17, 15) is 0 Å². The first-order valence-electron chi connectivity index (χ1n) is 6.16. The molecule has 2 rings (SSSR count). The molecule has 1 heterocycles. The predicted molar refractivity (Wildman–Crippen MR) is 83.5 cm³/mol. The van der Waals surface area contributed by atoms with Crippen molar-refractivity contribution in [3.05, 3.63) is 55.7 Å². The molecule has 0 saturated heterocycles. The van der Waals surface area contributed by atoms with Gasteiger partial charge in [0.15, 0.2) is 0 Å². The third-order valence-corrected chi connectivity index (χ3v) is 4.78. The first-order valence-corrected chi connectivity index (χ1v) is 7.83. The van der Waals surface area contributed by atoms with Crippen LogP contribution in [0.3, 0.4) is 0 Å². The van der Waals surface area contributed by atoms with Gasteiger partial charge in [-0.25, -0.2) is 0 Å². The second-order valence-corrected chi connectivity index (χ2v) is 6.38. The van der Waals surface area contributed by atoms with Crippen LogP contribution in [0.15, 0.2) is 34.1 Å². The maximum Gasteiger partial charge on any atom is 0.0673 e. The van der Waals surface area contributed by atoms with Gasteiger partial charge in [0, 0.05) is 14.7 Å². The van der Waals surface area contributed by atoms with E-state index in [1.54, 1.807) is 11.3 Å². The molecule has 3 heteroatoms. The molecule has 0 aliphatic heterocycles. The summed E-state index contributed by atoms with van der Waals surface area (Å²) in [7, 11) is 0. The minimum Gasteiger partial charge on any atom is -0.306 e. The first-order chi connectivity index (χ1) is 8.61. The van der Waals surface area contributed by atoms with E-state index in [2.05, 4.69) is 71.7 Å². The van der Waals surface area contributed by atoms with E-state index in [-0.39, 0.29) is 0 Å². The Morgan fingerprint density at radius 1 is 1.28 bits per heavy atom. The molecule has 0 aliphatic carbocycles. The number of rotatable bonds is 4. The normalized spacial score (nSPS) is 12.7. The molecule has 2 aromatic rings. The van der Waals surface area contributed by atoms with Crippen LogP contribution in [0.25, 0.3) is 0 Å². The topological polar surface area (TPSA) is 12.0 Å². The zero-order chi connectivity index (χ0) is 13.1. The van der Waals surface area contributed by atoms with E-state index >= 15 is 0 Å². The molecule has 1 unspecified atom stereocenters. The van der Waals surface area contributed by atoms with E-state index < -0.39 is 0 Å². The van der Waals surface area contributed by atoms with Gasteiger partial charge >= 0.3 is 0 Å². The number of aryl methyl sites for hydroxylation is 2. The van der Waals surface area contributed by atoms with Gasteiger partial charge < -0.3 is 5.32 Å². The number of halogens is 1. The molecule has 0 aliphatic rings. The summed E-state index contributed by atoms with van der Waals surface area (Å²) >= 11 is 5.33. The van der Waals surface area contributed by atoms with Crippen LogP contribution in [0.2, 0.25) is 0 Å². The summed E-state index contributed by atoms with van der Waals surface area (Å²) in [5.41, 5.74) is 4.04. The third-order valence-electron chi connectivity index (χ3n) is 3.02. The Balaban J connectivity index is 2.41. The molecule has 96 valence electrons. The van der Waals surface area contributed by atoms with Crippen LogP contribution in [-0.4, -0.2) is 6.54 Å². The summed E-state index contributed by atoms with van der Waals surface area (Å²) < 4.78 is 1.16. The van der Waals surface area contributed by atoms with Gasteiger partial charge in [0.1, 0.15) is 0 Å². The van der Waals surface area contributed by atoms with Crippen LogP contribution in [0.5, 0.6) is 0 Å². The van der Waals surface area contributed by atoms with E-state index in [4.69, 9.17) is 0 Å². The largest absolute Gasteiger partial charge is 0.306 e. The lowest BCUT2D eigenvalue weighted by molar-refractivity contribution is 0.636. The quantitative estimate of drug-likeness (QED) is 0.850. The zero-order valence-electron chi connectivity index (χ0n) is 11.0. The summed E-state index contributed by atoms with van der Waals surface area (Å²) in [6, 6.07) is 9.19. The summed E-state index contributed by atoms with van der Waals surface area (Å²) in [4.78, 5) is 1.36. The number of thiophene rings is 1. The second kappa shape index (κ2) is 6.00. The molecule has 1 atom stereocenters. The highest BCUT2D eigenvalue weighted by molar-refractivity contribution is 9.10. The molecular formula is C15H18BrNS. The maximum atomic E-state index is 3.58. The highest BCUT2D eigenvalue weighted by Crippen LogP contribution is 2.31. The average molecular weight is 324 g/mol. The van der Waals surface area contributed by atoms with Crippen LogP contribution >= 0.6 is 27.3 Å². The van der Waals surface area contributed by atoms with Crippen molar-refractivity contribution in [3.63, 3.8) is 0 Å². The summed E-state index contributed by atoms with van der Waals surface area (Å²) in [5, 5.41) is 5.72. The number of nitrogens with one attached hydrogen (secondary N) is 1. The summed E-state index contributed by atoms with van der Waals surface area (Å²) in [6.07, 6.45) is 0. The molecule has 1 N–H and O–H groups in total. The van der Waals surface area contributed by atoms with Crippen LogP contribution < -0.4 is 5.32 Å². The minimum atomic E-state index is 0.298. The van der Waals surface area contributed by atoms with Crippen LogP contribution in [0, 0.1) is 13.8 Å². The number of hydrogen-bond donors (Lipinski definition) is 1. The van der Waals surface area contributed by atoms with Crippen molar-refractivity contribution in [2.45, 2.75) is 26.8 Å². The van der Waals surface area contributed by atoms with Crippen molar-refractivity contribution in [2.24, 2.45) is 0 Å². The Bertz CT molecular complexity index is 533. The van der Waals surface area contributed by atoms with E-state index in [1.165, 1.54) is 21.6 Å². The molecule has 0 radical (unpaired) electrons. The zero-order valence-corrected chi connectivity index (χ0v) is 13.4. The van der Waals surface area contributed by atoms with Gasteiger partial charge in [-0.2, -0.15) is 0 Å². The van der Waals surface area contributed by atoms with Crippen molar-refractivity contribution in [1.29, 1.82) is 0 Å². The Morgan fingerprint density at radius 3 is 2.61 bits per heavy atom. The van der Waals surface area contributed by atoms with Gasteiger partial charge in [0.05, 0.1) is 6.04 Å². The monoisotopic (exact) mass is 323 g/mol. The van der Waals surface area contributed by atoms with E-state index in [0.29, 0.717) is 6.04 Å². The van der Waals surface area contributed by atoms with Crippen molar-refractivity contribution >= 4 is 27.3 Å².